The number of anilines is 2. The lowest BCUT2D eigenvalue weighted by Gasteiger charge is -2.18. The molecule has 3 rings (SSSR count). The van der Waals surface area contributed by atoms with E-state index in [1.807, 2.05) is 6.07 Å². The summed E-state index contributed by atoms with van der Waals surface area (Å²) in [7, 11) is 0. The molecule has 1 aliphatic heterocycles. The molecule has 2 aromatic carbocycles. The topological polar surface area (TPSA) is 29.3 Å². The van der Waals surface area contributed by atoms with Gasteiger partial charge in [-0.2, -0.15) is 0 Å². The van der Waals surface area contributed by atoms with E-state index in [2.05, 4.69) is 55.1 Å². The second kappa shape index (κ2) is 4.61. The van der Waals surface area contributed by atoms with Crippen molar-refractivity contribution in [3.8, 4) is 0 Å². The molecule has 0 amide bonds. The van der Waals surface area contributed by atoms with Crippen LogP contribution in [0.2, 0.25) is 0 Å². The molecule has 98 valence electrons. The molecule has 19 heavy (non-hydrogen) atoms. The van der Waals surface area contributed by atoms with Gasteiger partial charge in [-0.05, 0) is 46.9 Å². The van der Waals surface area contributed by atoms with Crippen molar-refractivity contribution in [2.75, 3.05) is 10.6 Å². The van der Waals surface area contributed by atoms with Crippen molar-refractivity contribution in [2.45, 2.75) is 32.9 Å². The fraction of sp³-hybridized carbons (Fsp3) is 0.294. The summed E-state index contributed by atoms with van der Waals surface area (Å²) in [5.41, 5.74) is 12.1. The number of fused-ring (bicyclic) bond motifs is 1. The third-order valence-corrected chi connectivity index (χ3v) is 3.88. The first-order chi connectivity index (χ1) is 9.13. The predicted octanol–water partition coefficient (Wildman–Crippen LogP) is 3.91. The van der Waals surface area contributed by atoms with Crippen LogP contribution in [0.1, 0.15) is 36.5 Å². The van der Waals surface area contributed by atoms with E-state index in [1.165, 1.54) is 22.4 Å². The molecule has 2 aromatic rings. The Morgan fingerprint density at radius 2 is 1.63 bits per heavy atom. The van der Waals surface area contributed by atoms with Gasteiger partial charge in [-0.25, -0.2) is 0 Å². The van der Waals surface area contributed by atoms with Crippen LogP contribution in [0, 0.1) is 0 Å². The van der Waals surface area contributed by atoms with Gasteiger partial charge in [0.15, 0.2) is 0 Å². The Bertz CT molecular complexity index is 585. The van der Waals surface area contributed by atoms with Crippen molar-refractivity contribution in [3.05, 3.63) is 59.2 Å². The highest BCUT2D eigenvalue weighted by atomic mass is 15.1. The van der Waals surface area contributed by atoms with Gasteiger partial charge in [0.2, 0.25) is 0 Å². The molecule has 0 aliphatic carbocycles. The van der Waals surface area contributed by atoms with Crippen molar-refractivity contribution in [1.29, 1.82) is 0 Å². The van der Waals surface area contributed by atoms with Crippen LogP contribution < -0.4 is 10.6 Å². The van der Waals surface area contributed by atoms with Gasteiger partial charge in [0, 0.05) is 24.5 Å². The summed E-state index contributed by atoms with van der Waals surface area (Å²) in [6, 6.07) is 15.2. The molecule has 1 heterocycles. The molecule has 0 radical (unpaired) electrons. The highest BCUT2D eigenvalue weighted by Gasteiger charge is 2.19. The Labute approximate surface area is 114 Å². The van der Waals surface area contributed by atoms with Crippen molar-refractivity contribution in [2.24, 2.45) is 0 Å². The van der Waals surface area contributed by atoms with Gasteiger partial charge in [-0.1, -0.05) is 32.0 Å². The first kappa shape index (κ1) is 12.1. The molecular weight excluding hydrogens is 232 g/mol. The highest BCUT2D eigenvalue weighted by Crippen LogP contribution is 2.30. The van der Waals surface area contributed by atoms with Gasteiger partial charge >= 0.3 is 0 Å². The molecular formula is C17H20N2. The van der Waals surface area contributed by atoms with Gasteiger partial charge in [-0.3, -0.25) is 0 Å². The molecule has 0 fully saturated rings. The fourth-order valence-electron chi connectivity index (χ4n) is 2.67. The Hall–Kier alpha value is -1.96. The van der Waals surface area contributed by atoms with Crippen LogP contribution in [0.15, 0.2) is 42.5 Å². The smallest absolute Gasteiger partial charge is 0.0437 e. The number of hydrogen-bond acceptors (Lipinski definition) is 2. The van der Waals surface area contributed by atoms with Crippen LogP contribution in [0.4, 0.5) is 11.4 Å². The number of hydrogen-bond donors (Lipinski definition) is 1. The molecule has 2 heteroatoms. The third-order valence-electron chi connectivity index (χ3n) is 3.88. The average molecular weight is 252 g/mol. The molecule has 0 saturated heterocycles. The number of benzene rings is 2. The molecule has 0 bridgehead atoms. The molecule has 0 spiro atoms. The van der Waals surface area contributed by atoms with E-state index in [1.54, 1.807) is 0 Å². The number of nitrogens with two attached hydrogens (primary N) is 1. The van der Waals surface area contributed by atoms with E-state index >= 15 is 0 Å². The van der Waals surface area contributed by atoms with Crippen molar-refractivity contribution in [3.63, 3.8) is 0 Å². The molecule has 0 aromatic heterocycles. The molecule has 0 unspecified atom stereocenters. The summed E-state index contributed by atoms with van der Waals surface area (Å²) in [5, 5.41) is 0. The minimum absolute atomic E-state index is 0.588. The number of nitrogens with zero attached hydrogens (tertiary/aromatic N) is 1. The van der Waals surface area contributed by atoms with Crippen molar-refractivity contribution < 1.29 is 0 Å². The fourth-order valence-corrected chi connectivity index (χ4v) is 2.67. The van der Waals surface area contributed by atoms with Gasteiger partial charge in [0.1, 0.15) is 0 Å². The minimum atomic E-state index is 0.588. The summed E-state index contributed by atoms with van der Waals surface area (Å²) in [6.45, 7) is 6.39. The quantitative estimate of drug-likeness (QED) is 0.821. The van der Waals surface area contributed by atoms with E-state index in [4.69, 9.17) is 5.73 Å². The van der Waals surface area contributed by atoms with E-state index in [-0.39, 0.29) is 0 Å². The zero-order chi connectivity index (χ0) is 13.4. The second-order valence-electron chi connectivity index (χ2n) is 5.63. The highest BCUT2D eigenvalue weighted by molar-refractivity contribution is 5.55. The zero-order valence-electron chi connectivity index (χ0n) is 11.6. The number of rotatable bonds is 2. The summed E-state index contributed by atoms with van der Waals surface area (Å²) in [6.07, 6.45) is 0. The summed E-state index contributed by atoms with van der Waals surface area (Å²) < 4.78 is 0. The third kappa shape index (κ3) is 2.30. The SMILES string of the molecule is CC(C)c1ccc(N2Cc3ccc(N)cc3C2)cc1. The summed E-state index contributed by atoms with van der Waals surface area (Å²) >= 11 is 0. The largest absolute Gasteiger partial charge is 0.399 e. The summed E-state index contributed by atoms with van der Waals surface area (Å²) in [4.78, 5) is 2.40. The molecule has 1 aliphatic rings. The normalized spacial score (nSPS) is 13.9. The zero-order valence-corrected chi connectivity index (χ0v) is 11.6. The molecule has 0 saturated carbocycles. The van der Waals surface area contributed by atoms with E-state index < -0.39 is 0 Å². The summed E-state index contributed by atoms with van der Waals surface area (Å²) in [5.74, 6) is 0.588. The molecule has 2 nitrogen and oxygen atoms in total. The van der Waals surface area contributed by atoms with Crippen molar-refractivity contribution in [1.82, 2.24) is 0 Å². The van der Waals surface area contributed by atoms with Crippen LogP contribution in [0.5, 0.6) is 0 Å². The van der Waals surface area contributed by atoms with Crippen LogP contribution in [-0.4, -0.2) is 0 Å². The molecule has 0 atom stereocenters. The monoisotopic (exact) mass is 252 g/mol. The lowest BCUT2D eigenvalue weighted by Crippen LogP contribution is -2.14. The van der Waals surface area contributed by atoms with Gasteiger partial charge in [-0.15, -0.1) is 0 Å². The standard InChI is InChI=1S/C17H20N2/c1-12(2)13-4-7-17(8-5-13)19-10-14-3-6-16(18)9-15(14)11-19/h3-9,12H,10-11,18H2,1-2H3. The lowest BCUT2D eigenvalue weighted by atomic mass is 10.0. The number of nitrogen functional groups attached to an aromatic ring is 1. The first-order valence-electron chi connectivity index (χ1n) is 6.85. The van der Waals surface area contributed by atoms with Gasteiger partial charge in [0.05, 0.1) is 0 Å². The lowest BCUT2D eigenvalue weighted by molar-refractivity contribution is 0.856. The maximum absolute atomic E-state index is 5.85. The minimum Gasteiger partial charge on any atom is -0.399 e. The van der Waals surface area contributed by atoms with Crippen molar-refractivity contribution >= 4 is 11.4 Å². The van der Waals surface area contributed by atoms with Crippen LogP contribution in [-0.2, 0) is 13.1 Å². The maximum atomic E-state index is 5.85. The second-order valence-corrected chi connectivity index (χ2v) is 5.63. The van der Waals surface area contributed by atoms with E-state index in [9.17, 15) is 0 Å². The Morgan fingerprint density at radius 1 is 0.947 bits per heavy atom. The van der Waals surface area contributed by atoms with Gasteiger partial charge in [0.25, 0.3) is 0 Å². The van der Waals surface area contributed by atoms with Crippen LogP contribution in [0.3, 0.4) is 0 Å². The van der Waals surface area contributed by atoms with E-state index in [0.717, 1.165) is 18.8 Å². The average Bonchev–Trinajstić information content (AvgIpc) is 2.81. The van der Waals surface area contributed by atoms with E-state index in [0.29, 0.717) is 5.92 Å². The molecule has 2 N–H and O–H groups in total. The van der Waals surface area contributed by atoms with Crippen LogP contribution in [0.25, 0.3) is 0 Å². The Balaban J connectivity index is 1.82. The Kier molecular flexibility index (Phi) is 2.94. The predicted molar refractivity (Wildman–Crippen MR) is 81.3 cm³/mol. The Morgan fingerprint density at radius 3 is 2.32 bits per heavy atom. The van der Waals surface area contributed by atoms with Gasteiger partial charge < -0.3 is 10.6 Å². The van der Waals surface area contributed by atoms with Crippen LogP contribution >= 0.6 is 0 Å². The maximum Gasteiger partial charge on any atom is 0.0437 e. The first-order valence-corrected chi connectivity index (χ1v) is 6.85.